The van der Waals surface area contributed by atoms with Crippen LogP contribution in [0, 0.1) is 17.2 Å². The topological polar surface area (TPSA) is 64.4 Å². The van der Waals surface area contributed by atoms with Crippen LogP contribution in [0.1, 0.15) is 24.0 Å². The van der Waals surface area contributed by atoms with Crippen molar-refractivity contribution in [2.24, 2.45) is 5.92 Å². The molecule has 0 radical (unpaired) electrons. The van der Waals surface area contributed by atoms with Gasteiger partial charge in [-0.25, -0.2) is 12.7 Å². The molecule has 1 aromatic carbocycles. The first-order chi connectivity index (χ1) is 10.4. The predicted octanol–water partition coefficient (Wildman–Crippen LogP) is 1.66. The maximum atomic E-state index is 12.5. The van der Waals surface area contributed by atoms with Crippen LogP contribution >= 0.6 is 0 Å². The maximum absolute atomic E-state index is 12.5. The van der Waals surface area contributed by atoms with Gasteiger partial charge in [0.15, 0.2) is 0 Å². The van der Waals surface area contributed by atoms with E-state index >= 15 is 0 Å². The fraction of sp³-hybridized carbons (Fsp3) is 0.562. The fourth-order valence-corrected chi connectivity index (χ4v) is 4.03. The summed E-state index contributed by atoms with van der Waals surface area (Å²) in [5.74, 6) is 0.382. The Kier molecular flexibility index (Phi) is 5.57. The van der Waals surface area contributed by atoms with E-state index in [4.69, 9.17) is 5.26 Å². The number of hydrogen-bond donors (Lipinski definition) is 0. The minimum absolute atomic E-state index is 0.0500. The maximum Gasteiger partial charge on any atom is 0.218 e. The molecule has 1 aliphatic rings. The highest BCUT2D eigenvalue weighted by molar-refractivity contribution is 7.88. The zero-order valence-corrected chi connectivity index (χ0v) is 14.0. The number of nitrogens with zero attached hydrogens (tertiary/aromatic N) is 3. The summed E-state index contributed by atoms with van der Waals surface area (Å²) in [6, 6.07) is 8.83. The molecule has 6 heteroatoms. The molecule has 22 heavy (non-hydrogen) atoms. The number of nitriles is 1. The number of rotatable bonds is 5. The van der Waals surface area contributed by atoms with Crippen molar-refractivity contribution < 1.29 is 8.42 Å². The Morgan fingerprint density at radius 1 is 1.36 bits per heavy atom. The van der Waals surface area contributed by atoms with Gasteiger partial charge in [0.05, 0.1) is 17.4 Å². The third kappa shape index (κ3) is 4.54. The molecule has 2 rings (SSSR count). The largest absolute Gasteiger partial charge is 0.306 e. The van der Waals surface area contributed by atoms with Crippen LogP contribution < -0.4 is 0 Å². The quantitative estimate of drug-likeness (QED) is 0.827. The monoisotopic (exact) mass is 321 g/mol. The summed E-state index contributed by atoms with van der Waals surface area (Å²) >= 11 is 0. The second-order valence-corrected chi connectivity index (χ2v) is 8.17. The average molecular weight is 321 g/mol. The SMILES string of the molecule is CN1CCC(CN(C)S(=O)(=O)Cc2cccc(C#N)c2)CC1. The molecule has 0 N–H and O–H groups in total. The van der Waals surface area contributed by atoms with E-state index in [-0.39, 0.29) is 5.75 Å². The summed E-state index contributed by atoms with van der Waals surface area (Å²) in [4.78, 5) is 2.28. The molecule has 1 fully saturated rings. The van der Waals surface area contributed by atoms with Gasteiger partial charge in [-0.1, -0.05) is 12.1 Å². The molecule has 1 aromatic rings. The van der Waals surface area contributed by atoms with Crippen molar-refractivity contribution in [1.82, 2.24) is 9.21 Å². The van der Waals surface area contributed by atoms with Crippen molar-refractivity contribution in [1.29, 1.82) is 5.26 Å². The number of sulfonamides is 1. The van der Waals surface area contributed by atoms with Crippen molar-refractivity contribution in [2.45, 2.75) is 18.6 Å². The van der Waals surface area contributed by atoms with E-state index in [1.165, 1.54) is 4.31 Å². The number of piperidine rings is 1. The van der Waals surface area contributed by atoms with Crippen molar-refractivity contribution in [3.63, 3.8) is 0 Å². The second-order valence-electron chi connectivity index (χ2n) is 6.10. The molecule has 0 bridgehead atoms. The van der Waals surface area contributed by atoms with Crippen molar-refractivity contribution in [3.05, 3.63) is 35.4 Å². The van der Waals surface area contributed by atoms with Gasteiger partial charge in [0.25, 0.3) is 0 Å². The smallest absolute Gasteiger partial charge is 0.218 e. The van der Waals surface area contributed by atoms with Crippen LogP contribution in [0.15, 0.2) is 24.3 Å². The van der Waals surface area contributed by atoms with E-state index in [0.717, 1.165) is 25.9 Å². The van der Waals surface area contributed by atoms with Crippen molar-refractivity contribution in [3.8, 4) is 6.07 Å². The van der Waals surface area contributed by atoms with E-state index in [1.807, 2.05) is 6.07 Å². The zero-order valence-electron chi connectivity index (χ0n) is 13.2. The Labute approximate surface area is 133 Å². The minimum atomic E-state index is -3.34. The molecule has 0 unspecified atom stereocenters. The zero-order chi connectivity index (χ0) is 16.2. The van der Waals surface area contributed by atoms with Gasteiger partial charge in [0.2, 0.25) is 10.0 Å². The van der Waals surface area contributed by atoms with Crippen LogP contribution in [0.25, 0.3) is 0 Å². The lowest BCUT2D eigenvalue weighted by molar-refractivity contribution is 0.202. The molecule has 120 valence electrons. The van der Waals surface area contributed by atoms with Crippen LogP contribution in [0.2, 0.25) is 0 Å². The first-order valence-corrected chi connectivity index (χ1v) is 9.13. The molecule has 0 aliphatic carbocycles. The molecule has 5 nitrogen and oxygen atoms in total. The van der Waals surface area contributed by atoms with Gasteiger partial charge in [-0.3, -0.25) is 0 Å². The van der Waals surface area contributed by atoms with Gasteiger partial charge in [-0.05, 0) is 56.6 Å². The van der Waals surface area contributed by atoms with Crippen molar-refractivity contribution in [2.75, 3.05) is 33.7 Å². The summed E-state index contributed by atoms with van der Waals surface area (Å²) < 4.78 is 26.4. The van der Waals surface area contributed by atoms with Crippen LogP contribution in [0.3, 0.4) is 0 Å². The highest BCUT2D eigenvalue weighted by atomic mass is 32.2. The average Bonchev–Trinajstić information content (AvgIpc) is 2.49. The Bertz CT molecular complexity index is 644. The lowest BCUT2D eigenvalue weighted by Gasteiger charge is -2.31. The standard InChI is InChI=1S/C16H23N3O2S/c1-18-8-6-14(7-9-18)12-19(2)22(20,21)13-16-5-3-4-15(10-16)11-17/h3-5,10,14H,6-9,12-13H2,1-2H3. The summed E-state index contributed by atoms with van der Waals surface area (Å²) in [6.07, 6.45) is 2.08. The molecule has 0 amide bonds. The Morgan fingerprint density at radius 2 is 2.05 bits per heavy atom. The minimum Gasteiger partial charge on any atom is -0.306 e. The molecule has 1 aliphatic heterocycles. The summed E-state index contributed by atoms with van der Waals surface area (Å²) in [6.45, 7) is 2.64. The van der Waals surface area contributed by atoms with Gasteiger partial charge in [-0.2, -0.15) is 5.26 Å². The molecular formula is C16H23N3O2S. The summed E-state index contributed by atoms with van der Waals surface area (Å²) in [5, 5.41) is 8.89. The Morgan fingerprint density at radius 3 is 2.68 bits per heavy atom. The van der Waals surface area contributed by atoms with E-state index in [0.29, 0.717) is 23.6 Å². The predicted molar refractivity (Wildman–Crippen MR) is 86.6 cm³/mol. The molecule has 0 atom stereocenters. The third-order valence-electron chi connectivity index (χ3n) is 4.23. The molecule has 0 aromatic heterocycles. The van der Waals surface area contributed by atoms with Gasteiger partial charge < -0.3 is 4.90 Å². The summed E-state index contributed by atoms with van der Waals surface area (Å²) in [7, 11) is 0.410. The fourth-order valence-electron chi connectivity index (χ4n) is 2.77. The van der Waals surface area contributed by atoms with Crippen LogP contribution in [0.4, 0.5) is 0 Å². The Hall–Kier alpha value is -1.42. The molecule has 1 heterocycles. The van der Waals surface area contributed by atoms with E-state index in [2.05, 4.69) is 11.9 Å². The molecular weight excluding hydrogens is 298 g/mol. The van der Waals surface area contributed by atoms with Gasteiger partial charge in [-0.15, -0.1) is 0 Å². The Balaban J connectivity index is 1.98. The highest BCUT2D eigenvalue weighted by Crippen LogP contribution is 2.19. The van der Waals surface area contributed by atoms with E-state index in [9.17, 15) is 8.42 Å². The van der Waals surface area contributed by atoms with E-state index in [1.54, 1.807) is 31.3 Å². The second kappa shape index (κ2) is 7.23. The number of hydrogen-bond acceptors (Lipinski definition) is 4. The van der Waals surface area contributed by atoms with Crippen LogP contribution in [-0.2, 0) is 15.8 Å². The van der Waals surface area contributed by atoms with Gasteiger partial charge in [0.1, 0.15) is 0 Å². The van der Waals surface area contributed by atoms with Gasteiger partial charge >= 0.3 is 0 Å². The first-order valence-electron chi connectivity index (χ1n) is 7.52. The lowest BCUT2D eigenvalue weighted by Crippen LogP contribution is -2.38. The van der Waals surface area contributed by atoms with Crippen molar-refractivity contribution >= 4 is 10.0 Å². The lowest BCUT2D eigenvalue weighted by atomic mass is 9.97. The van der Waals surface area contributed by atoms with Crippen LogP contribution in [0.5, 0.6) is 0 Å². The highest BCUT2D eigenvalue weighted by Gasteiger charge is 2.24. The number of likely N-dealkylation sites (tertiary alicyclic amines) is 1. The van der Waals surface area contributed by atoms with Gasteiger partial charge in [0, 0.05) is 13.6 Å². The third-order valence-corrected chi connectivity index (χ3v) is 6.03. The molecule has 0 spiro atoms. The molecule has 1 saturated heterocycles. The molecule has 0 saturated carbocycles. The summed E-state index contributed by atoms with van der Waals surface area (Å²) in [5.41, 5.74) is 1.15. The van der Waals surface area contributed by atoms with Crippen LogP contribution in [-0.4, -0.2) is 51.4 Å². The normalized spacial score (nSPS) is 17.5. The number of benzene rings is 1. The first kappa shape index (κ1) is 16.9. The van der Waals surface area contributed by atoms with E-state index < -0.39 is 10.0 Å².